The maximum absolute atomic E-state index is 12.5. The predicted molar refractivity (Wildman–Crippen MR) is 60.0 cm³/mol. The highest BCUT2D eigenvalue weighted by Crippen LogP contribution is 2.31. The Morgan fingerprint density at radius 1 is 1.47 bits per heavy atom. The molecular weight excluding hydrogens is 264 g/mol. The summed E-state index contributed by atoms with van der Waals surface area (Å²) in [6, 6.07) is 0. The summed E-state index contributed by atoms with van der Waals surface area (Å²) < 4.78 is 25.5. The van der Waals surface area contributed by atoms with E-state index < -0.39 is 6.43 Å². The van der Waals surface area contributed by atoms with Crippen LogP contribution in [0.25, 0.3) is 0 Å². The molecule has 0 radical (unpaired) electrons. The van der Waals surface area contributed by atoms with E-state index in [-0.39, 0.29) is 5.57 Å². The lowest BCUT2D eigenvalue weighted by atomic mass is 9.85. The smallest absolute Gasteiger partial charge is 0.264 e. The molecule has 1 aliphatic carbocycles. The second-order valence-electron chi connectivity index (χ2n) is 4.19. The summed E-state index contributed by atoms with van der Waals surface area (Å²) in [4.78, 5) is 2.11. The number of rotatable bonds is 3. The van der Waals surface area contributed by atoms with Gasteiger partial charge in [-0.15, -0.1) is 0 Å². The summed E-state index contributed by atoms with van der Waals surface area (Å²) in [6.07, 6.45) is 4.94. The first-order chi connectivity index (χ1) is 7.16. The van der Waals surface area contributed by atoms with Crippen LogP contribution in [0.1, 0.15) is 19.3 Å². The van der Waals surface area contributed by atoms with Gasteiger partial charge in [0.1, 0.15) is 0 Å². The summed E-state index contributed by atoms with van der Waals surface area (Å²) in [6.45, 7) is 1.62. The van der Waals surface area contributed by atoms with Crippen molar-refractivity contribution in [3.8, 4) is 0 Å². The Morgan fingerprint density at radius 2 is 2.20 bits per heavy atom. The minimum absolute atomic E-state index is 0.125. The summed E-state index contributed by atoms with van der Waals surface area (Å²) in [7, 11) is 0. The molecule has 0 aromatic heterocycles. The van der Waals surface area contributed by atoms with Crippen molar-refractivity contribution in [2.24, 2.45) is 5.92 Å². The van der Waals surface area contributed by atoms with Crippen molar-refractivity contribution >= 4 is 15.9 Å². The van der Waals surface area contributed by atoms with Crippen molar-refractivity contribution in [3.05, 3.63) is 22.3 Å². The molecule has 84 valence electrons. The first-order valence-corrected chi connectivity index (χ1v) is 6.06. The molecule has 1 heterocycles. The van der Waals surface area contributed by atoms with Gasteiger partial charge in [-0.25, -0.2) is 8.78 Å². The van der Waals surface area contributed by atoms with Crippen LogP contribution in [-0.2, 0) is 0 Å². The van der Waals surface area contributed by atoms with Gasteiger partial charge in [-0.1, -0.05) is 12.5 Å². The first kappa shape index (κ1) is 11.1. The van der Waals surface area contributed by atoms with Crippen molar-refractivity contribution in [1.29, 1.82) is 0 Å². The molecule has 0 unspecified atom stereocenters. The van der Waals surface area contributed by atoms with E-state index in [2.05, 4.69) is 20.8 Å². The first-order valence-electron chi connectivity index (χ1n) is 5.27. The Morgan fingerprint density at radius 3 is 2.67 bits per heavy atom. The lowest BCUT2D eigenvalue weighted by Gasteiger charge is -2.33. The third kappa shape index (κ3) is 2.60. The van der Waals surface area contributed by atoms with Gasteiger partial charge in [0.15, 0.2) is 0 Å². The van der Waals surface area contributed by atoms with Crippen LogP contribution in [0.3, 0.4) is 0 Å². The average molecular weight is 278 g/mol. The van der Waals surface area contributed by atoms with E-state index in [1.54, 1.807) is 12.3 Å². The minimum atomic E-state index is -2.37. The second-order valence-corrected chi connectivity index (χ2v) is 5.04. The zero-order valence-electron chi connectivity index (χ0n) is 8.43. The highest BCUT2D eigenvalue weighted by Gasteiger charge is 2.23. The van der Waals surface area contributed by atoms with Crippen LogP contribution in [0.2, 0.25) is 0 Å². The summed E-state index contributed by atoms with van der Waals surface area (Å²) in [5, 5.41) is 0. The number of alkyl halides is 2. The van der Waals surface area contributed by atoms with Crippen LogP contribution >= 0.6 is 15.9 Å². The third-order valence-electron chi connectivity index (χ3n) is 3.07. The predicted octanol–water partition coefficient (Wildman–Crippen LogP) is 3.53. The van der Waals surface area contributed by atoms with Crippen LogP contribution in [0.15, 0.2) is 22.3 Å². The topological polar surface area (TPSA) is 3.24 Å². The molecule has 1 fully saturated rings. The van der Waals surface area contributed by atoms with Crippen molar-refractivity contribution in [2.45, 2.75) is 25.7 Å². The Hall–Kier alpha value is -0.380. The van der Waals surface area contributed by atoms with Gasteiger partial charge in [-0.3, -0.25) is 0 Å². The van der Waals surface area contributed by atoms with E-state index >= 15 is 0 Å². The van der Waals surface area contributed by atoms with Gasteiger partial charge in [-0.2, -0.15) is 0 Å². The maximum atomic E-state index is 12.5. The number of nitrogens with zero attached hydrogens (tertiary/aromatic N) is 1. The Bertz CT molecular complexity index is 295. The summed E-state index contributed by atoms with van der Waals surface area (Å²) in [5.41, 5.74) is 0.125. The number of hydrogen-bond acceptors (Lipinski definition) is 1. The standard InChI is InChI=1S/C11H14BrF2N/c12-10-7-15(6-8-2-1-3-8)5-4-9(10)11(13)14/h4,7-8,11H,1-3,5-6H2. The van der Waals surface area contributed by atoms with Gasteiger partial charge in [-0.05, 0) is 34.7 Å². The van der Waals surface area contributed by atoms with Crippen LogP contribution in [0.4, 0.5) is 8.78 Å². The minimum Gasteiger partial charge on any atom is -0.372 e. The Labute approximate surface area is 97.0 Å². The lowest BCUT2D eigenvalue weighted by molar-refractivity contribution is 0.188. The van der Waals surface area contributed by atoms with Crippen LogP contribution in [0.5, 0.6) is 0 Å². The fraction of sp³-hybridized carbons (Fsp3) is 0.636. The molecule has 0 aromatic carbocycles. The molecule has 1 saturated carbocycles. The molecule has 0 spiro atoms. The Kier molecular flexibility index (Phi) is 3.44. The molecular formula is C11H14BrF2N. The molecule has 0 aromatic rings. The fourth-order valence-electron chi connectivity index (χ4n) is 1.93. The normalized spacial score (nSPS) is 22.5. The van der Waals surface area contributed by atoms with Crippen molar-refractivity contribution in [1.82, 2.24) is 4.90 Å². The zero-order valence-corrected chi connectivity index (χ0v) is 10.0. The molecule has 0 atom stereocenters. The van der Waals surface area contributed by atoms with Crippen molar-refractivity contribution < 1.29 is 8.78 Å². The molecule has 2 rings (SSSR count). The molecule has 0 saturated heterocycles. The monoisotopic (exact) mass is 277 g/mol. The van der Waals surface area contributed by atoms with Gasteiger partial charge in [0, 0.05) is 29.3 Å². The SMILES string of the molecule is FC(F)C1=CCN(CC2CCC2)C=C1Br. The summed E-state index contributed by atoms with van der Waals surface area (Å²) >= 11 is 3.20. The van der Waals surface area contributed by atoms with Gasteiger partial charge >= 0.3 is 0 Å². The zero-order chi connectivity index (χ0) is 10.8. The molecule has 0 bridgehead atoms. The molecule has 0 N–H and O–H groups in total. The Balaban J connectivity index is 1.92. The highest BCUT2D eigenvalue weighted by atomic mass is 79.9. The van der Waals surface area contributed by atoms with Crippen LogP contribution in [0, 0.1) is 5.92 Å². The van der Waals surface area contributed by atoms with Gasteiger partial charge < -0.3 is 4.90 Å². The number of halogens is 3. The molecule has 4 heteroatoms. The van der Waals surface area contributed by atoms with Crippen molar-refractivity contribution in [2.75, 3.05) is 13.1 Å². The molecule has 1 nitrogen and oxygen atoms in total. The molecule has 2 aliphatic rings. The van der Waals surface area contributed by atoms with Gasteiger partial charge in [0.2, 0.25) is 0 Å². The van der Waals surface area contributed by atoms with E-state index in [9.17, 15) is 8.78 Å². The largest absolute Gasteiger partial charge is 0.372 e. The summed E-state index contributed by atoms with van der Waals surface area (Å²) in [5.74, 6) is 0.767. The molecule has 1 aliphatic heterocycles. The van der Waals surface area contributed by atoms with E-state index in [0.29, 0.717) is 11.0 Å². The molecule has 0 amide bonds. The van der Waals surface area contributed by atoms with Crippen LogP contribution < -0.4 is 0 Å². The van der Waals surface area contributed by atoms with Crippen molar-refractivity contribution in [3.63, 3.8) is 0 Å². The van der Waals surface area contributed by atoms with Gasteiger partial charge in [0.05, 0.1) is 0 Å². The highest BCUT2D eigenvalue weighted by molar-refractivity contribution is 9.12. The van der Waals surface area contributed by atoms with Gasteiger partial charge in [0.25, 0.3) is 6.43 Å². The number of hydrogen-bond donors (Lipinski definition) is 0. The lowest BCUT2D eigenvalue weighted by Crippen LogP contribution is -2.31. The average Bonchev–Trinajstić information content (AvgIpc) is 2.11. The second kappa shape index (κ2) is 4.64. The van der Waals surface area contributed by atoms with E-state index in [1.165, 1.54) is 19.3 Å². The molecule has 15 heavy (non-hydrogen) atoms. The maximum Gasteiger partial charge on any atom is 0.264 e. The van der Waals surface area contributed by atoms with E-state index in [1.807, 2.05) is 0 Å². The quantitative estimate of drug-likeness (QED) is 0.763. The van der Waals surface area contributed by atoms with E-state index in [4.69, 9.17) is 0 Å². The number of allylic oxidation sites excluding steroid dienone is 2. The fourth-order valence-corrected chi connectivity index (χ4v) is 2.55. The van der Waals surface area contributed by atoms with E-state index in [0.717, 1.165) is 12.5 Å². The third-order valence-corrected chi connectivity index (χ3v) is 3.73. The van der Waals surface area contributed by atoms with Crippen LogP contribution in [-0.4, -0.2) is 24.4 Å².